The molecule has 3 N–H and O–H groups in total. The van der Waals surface area contributed by atoms with Gasteiger partial charge in [-0.25, -0.2) is 17.5 Å². The number of likely N-dealkylation sites (N-methyl/N-ethyl adjacent to an activating group) is 1. The summed E-state index contributed by atoms with van der Waals surface area (Å²) >= 11 is 0. The van der Waals surface area contributed by atoms with Gasteiger partial charge in [-0.3, -0.25) is 0 Å². The van der Waals surface area contributed by atoms with Gasteiger partial charge in [-0.05, 0) is 33.2 Å². The van der Waals surface area contributed by atoms with Crippen LogP contribution in [0, 0.1) is 5.82 Å². The number of hydrogen-bond donors (Lipinski definition) is 2. The predicted molar refractivity (Wildman–Crippen MR) is 72.6 cm³/mol. The Morgan fingerprint density at radius 2 is 2.05 bits per heavy atom. The molecule has 0 aliphatic carbocycles. The van der Waals surface area contributed by atoms with E-state index in [9.17, 15) is 12.8 Å². The van der Waals surface area contributed by atoms with E-state index in [1.807, 2.05) is 25.9 Å². The van der Waals surface area contributed by atoms with Gasteiger partial charge in [-0.2, -0.15) is 0 Å². The van der Waals surface area contributed by atoms with Crippen LogP contribution in [0.4, 0.5) is 4.39 Å². The van der Waals surface area contributed by atoms with Crippen LogP contribution in [0.15, 0.2) is 23.1 Å². The number of benzene rings is 1. The van der Waals surface area contributed by atoms with Crippen molar-refractivity contribution in [2.24, 2.45) is 5.73 Å². The van der Waals surface area contributed by atoms with Crippen molar-refractivity contribution in [1.29, 1.82) is 0 Å². The molecule has 1 aromatic carbocycles. The molecule has 0 aliphatic heterocycles. The Labute approximate surface area is 113 Å². The second-order valence-corrected chi connectivity index (χ2v) is 6.32. The van der Waals surface area contributed by atoms with E-state index < -0.39 is 15.8 Å². The molecular weight excluding hydrogens is 269 g/mol. The summed E-state index contributed by atoms with van der Waals surface area (Å²) in [6, 6.07) is 3.94. The molecule has 0 aliphatic rings. The van der Waals surface area contributed by atoms with Crippen molar-refractivity contribution in [2.75, 3.05) is 20.6 Å². The fourth-order valence-corrected chi connectivity index (χ4v) is 2.86. The number of nitrogens with two attached hydrogens (primary N) is 1. The summed E-state index contributed by atoms with van der Waals surface area (Å²) < 4.78 is 40.3. The van der Waals surface area contributed by atoms with Crippen LogP contribution in [0.3, 0.4) is 0 Å². The van der Waals surface area contributed by atoms with Gasteiger partial charge in [-0.1, -0.05) is 6.07 Å². The van der Waals surface area contributed by atoms with Gasteiger partial charge in [0.25, 0.3) is 0 Å². The van der Waals surface area contributed by atoms with Gasteiger partial charge in [0, 0.05) is 24.7 Å². The highest BCUT2D eigenvalue weighted by atomic mass is 32.2. The minimum absolute atomic E-state index is 0.00695. The van der Waals surface area contributed by atoms with Gasteiger partial charge in [0.15, 0.2) is 0 Å². The first-order chi connectivity index (χ1) is 8.79. The van der Waals surface area contributed by atoms with Crippen molar-refractivity contribution in [3.8, 4) is 0 Å². The molecule has 1 rings (SSSR count). The Morgan fingerprint density at radius 3 is 2.58 bits per heavy atom. The zero-order valence-electron chi connectivity index (χ0n) is 11.4. The quantitative estimate of drug-likeness (QED) is 0.800. The van der Waals surface area contributed by atoms with Crippen LogP contribution < -0.4 is 10.5 Å². The third-order valence-corrected chi connectivity index (χ3v) is 4.53. The Balaban J connectivity index is 2.98. The van der Waals surface area contributed by atoms with Crippen LogP contribution >= 0.6 is 0 Å². The van der Waals surface area contributed by atoms with E-state index in [4.69, 9.17) is 5.73 Å². The lowest BCUT2D eigenvalue weighted by atomic mass is 10.2. The van der Waals surface area contributed by atoms with Crippen LogP contribution in [-0.4, -0.2) is 40.0 Å². The highest BCUT2D eigenvalue weighted by molar-refractivity contribution is 7.89. The Bertz CT molecular complexity index is 532. The predicted octanol–water partition coefficient (Wildman–Crippen LogP) is 0.513. The summed E-state index contributed by atoms with van der Waals surface area (Å²) in [6.07, 6.45) is 0. The summed E-state index contributed by atoms with van der Waals surface area (Å²) in [7, 11) is -0.0435. The van der Waals surface area contributed by atoms with E-state index in [0.717, 1.165) is 0 Å². The fraction of sp³-hybridized carbons (Fsp3) is 0.500. The van der Waals surface area contributed by atoms with Gasteiger partial charge in [0.2, 0.25) is 10.0 Å². The van der Waals surface area contributed by atoms with Crippen LogP contribution in [0.5, 0.6) is 0 Å². The van der Waals surface area contributed by atoms with Crippen molar-refractivity contribution in [2.45, 2.75) is 24.4 Å². The van der Waals surface area contributed by atoms with Gasteiger partial charge in [0.1, 0.15) is 5.82 Å². The van der Waals surface area contributed by atoms with Crippen molar-refractivity contribution >= 4 is 10.0 Å². The number of rotatable bonds is 6. The third kappa shape index (κ3) is 3.97. The first-order valence-electron chi connectivity index (χ1n) is 5.93. The van der Waals surface area contributed by atoms with Crippen molar-refractivity contribution in [1.82, 2.24) is 9.62 Å². The topological polar surface area (TPSA) is 75.4 Å². The molecule has 19 heavy (non-hydrogen) atoms. The highest BCUT2D eigenvalue weighted by Crippen LogP contribution is 2.18. The molecule has 0 saturated carbocycles. The number of sulfonamides is 1. The SMILES string of the molecule is CC(CNS(=O)(=O)c1cccc(F)c1CN)N(C)C. The van der Waals surface area contributed by atoms with Crippen molar-refractivity contribution in [3.63, 3.8) is 0 Å². The van der Waals surface area contributed by atoms with E-state index in [1.54, 1.807) is 0 Å². The molecule has 1 atom stereocenters. The molecule has 0 aromatic heterocycles. The van der Waals surface area contributed by atoms with Gasteiger partial charge >= 0.3 is 0 Å². The van der Waals surface area contributed by atoms with E-state index in [1.165, 1.54) is 18.2 Å². The molecule has 0 heterocycles. The molecule has 0 fully saturated rings. The summed E-state index contributed by atoms with van der Waals surface area (Å²) in [5.41, 5.74) is 5.42. The lowest BCUT2D eigenvalue weighted by Crippen LogP contribution is -2.38. The van der Waals surface area contributed by atoms with Crippen molar-refractivity contribution in [3.05, 3.63) is 29.6 Å². The van der Waals surface area contributed by atoms with E-state index >= 15 is 0 Å². The minimum atomic E-state index is -3.75. The molecule has 0 spiro atoms. The summed E-state index contributed by atoms with van der Waals surface area (Å²) in [5, 5.41) is 0. The molecule has 1 unspecified atom stereocenters. The maximum atomic E-state index is 13.5. The average molecular weight is 289 g/mol. The van der Waals surface area contributed by atoms with Crippen LogP contribution in [0.2, 0.25) is 0 Å². The average Bonchev–Trinajstić information content (AvgIpc) is 2.35. The molecule has 7 heteroatoms. The molecule has 0 amide bonds. The molecule has 1 aromatic rings. The van der Waals surface area contributed by atoms with Crippen molar-refractivity contribution < 1.29 is 12.8 Å². The number of hydrogen-bond acceptors (Lipinski definition) is 4. The van der Waals surface area contributed by atoms with Gasteiger partial charge in [0.05, 0.1) is 4.90 Å². The highest BCUT2D eigenvalue weighted by Gasteiger charge is 2.21. The number of nitrogens with one attached hydrogen (secondary N) is 1. The lowest BCUT2D eigenvalue weighted by Gasteiger charge is -2.20. The largest absolute Gasteiger partial charge is 0.326 e. The monoisotopic (exact) mass is 289 g/mol. The fourth-order valence-electron chi connectivity index (χ4n) is 1.48. The molecule has 108 valence electrons. The standard InChI is InChI=1S/C12H20FN3O2S/c1-9(16(2)3)8-15-19(17,18)12-6-4-5-11(13)10(12)7-14/h4-6,9,15H,7-8,14H2,1-3H3. The van der Waals surface area contributed by atoms with Crippen LogP contribution in [-0.2, 0) is 16.6 Å². The lowest BCUT2D eigenvalue weighted by molar-refractivity contribution is 0.314. The molecule has 0 bridgehead atoms. The van der Waals surface area contributed by atoms with Crippen LogP contribution in [0.1, 0.15) is 12.5 Å². The Morgan fingerprint density at radius 1 is 1.42 bits per heavy atom. The van der Waals surface area contributed by atoms with Crippen LogP contribution in [0.25, 0.3) is 0 Å². The van der Waals surface area contributed by atoms with Gasteiger partial charge in [-0.15, -0.1) is 0 Å². The Hall–Kier alpha value is -1.02. The first-order valence-corrected chi connectivity index (χ1v) is 7.41. The second kappa shape index (κ2) is 6.42. The number of halogens is 1. The molecule has 0 radical (unpaired) electrons. The Kier molecular flexibility index (Phi) is 5.42. The van der Waals surface area contributed by atoms with Gasteiger partial charge < -0.3 is 10.6 Å². The van der Waals surface area contributed by atoms with E-state index in [-0.39, 0.29) is 29.6 Å². The minimum Gasteiger partial charge on any atom is -0.326 e. The summed E-state index contributed by atoms with van der Waals surface area (Å²) in [6.45, 7) is 1.97. The van der Waals surface area contributed by atoms with E-state index in [0.29, 0.717) is 0 Å². The smallest absolute Gasteiger partial charge is 0.241 e. The molecular formula is C12H20FN3O2S. The zero-order valence-corrected chi connectivity index (χ0v) is 12.2. The summed E-state index contributed by atoms with van der Waals surface area (Å²) in [5.74, 6) is -0.606. The number of nitrogens with zero attached hydrogens (tertiary/aromatic N) is 1. The molecule has 0 saturated heterocycles. The maximum Gasteiger partial charge on any atom is 0.241 e. The zero-order chi connectivity index (χ0) is 14.6. The summed E-state index contributed by atoms with van der Waals surface area (Å²) in [4.78, 5) is 1.79. The van der Waals surface area contributed by atoms with E-state index in [2.05, 4.69) is 4.72 Å². The second-order valence-electron chi connectivity index (χ2n) is 4.59. The first kappa shape index (κ1) is 16.0. The maximum absolute atomic E-state index is 13.5. The molecule has 5 nitrogen and oxygen atoms in total. The third-order valence-electron chi connectivity index (χ3n) is 3.02. The normalized spacial score (nSPS) is 13.8.